The first-order valence-electron chi connectivity index (χ1n) is 9.75. The summed E-state index contributed by atoms with van der Waals surface area (Å²) < 4.78 is 0. The summed E-state index contributed by atoms with van der Waals surface area (Å²) in [5, 5.41) is 19.1. The summed E-state index contributed by atoms with van der Waals surface area (Å²) in [6.07, 6.45) is 18.4. The van der Waals surface area contributed by atoms with Crippen molar-refractivity contribution in [3.8, 4) is 11.5 Å². The van der Waals surface area contributed by atoms with E-state index in [1.54, 1.807) is 12.1 Å². The van der Waals surface area contributed by atoms with Gasteiger partial charge in [0, 0.05) is 29.6 Å². The maximum Gasteiger partial charge on any atom is 0.119 e. The standard InChI is InChI=1S/C21H36O2.Na/c1-2-3-4-5-6-7-8-9-10-11-12-13-14-15-19-18-20(22)16-17-21(19)23;/h16-18,22-23H,2-15H2,1H3;. The second-order valence-electron chi connectivity index (χ2n) is 6.81. The number of phenolic OH excluding ortho intramolecular Hbond substituents is 2. The van der Waals surface area contributed by atoms with Crippen LogP contribution in [0.25, 0.3) is 0 Å². The predicted octanol–water partition coefficient (Wildman–Crippen LogP) is 6.35. The summed E-state index contributed by atoms with van der Waals surface area (Å²) in [4.78, 5) is 0. The number of aromatic hydroxyl groups is 2. The number of unbranched alkanes of at least 4 members (excludes halogenated alkanes) is 12. The maximum atomic E-state index is 9.72. The summed E-state index contributed by atoms with van der Waals surface area (Å²) in [5.74, 6) is 0.550. The molecule has 2 N–H and O–H groups in total. The fourth-order valence-electron chi connectivity index (χ4n) is 3.11. The van der Waals surface area contributed by atoms with Crippen molar-refractivity contribution >= 4 is 29.6 Å². The number of rotatable bonds is 14. The van der Waals surface area contributed by atoms with Crippen LogP contribution in [0.2, 0.25) is 0 Å². The van der Waals surface area contributed by atoms with E-state index in [2.05, 4.69) is 6.92 Å². The van der Waals surface area contributed by atoms with E-state index in [1.807, 2.05) is 0 Å². The van der Waals surface area contributed by atoms with Crippen LogP contribution in [-0.2, 0) is 6.42 Å². The average Bonchev–Trinajstić information content (AvgIpc) is 2.55. The topological polar surface area (TPSA) is 40.5 Å². The van der Waals surface area contributed by atoms with Crippen LogP contribution in [-0.4, -0.2) is 39.8 Å². The molecule has 0 aliphatic heterocycles. The summed E-state index contributed by atoms with van der Waals surface area (Å²) in [6.45, 7) is 2.27. The molecule has 2 nitrogen and oxygen atoms in total. The average molecular weight is 344 g/mol. The van der Waals surface area contributed by atoms with Gasteiger partial charge in [-0.15, -0.1) is 0 Å². The van der Waals surface area contributed by atoms with Crippen LogP contribution in [0.4, 0.5) is 0 Å². The molecule has 1 aromatic rings. The molecule has 0 atom stereocenters. The van der Waals surface area contributed by atoms with Gasteiger partial charge in [0.05, 0.1) is 0 Å². The molecule has 0 bridgehead atoms. The van der Waals surface area contributed by atoms with E-state index >= 15 is 0 Å². The number of aryl methyl sites for hydroxylation is 1. The van der Waals surface area contributed by atoms with Gasteiger partial charge < -0.3 is 10.2 Å². The van der Waals surface area contributed by atoms with E-state index in [4.69, 9.17) is 0 Å². The molecule has 1 radical (unpaired) electrons. The van der Waals surface area contributed by atoms with Gasteiger partial charge in [0.2, 0.25) is 0 Å². The van der Waals surface area contributed by atoms with Crippen LogP contribution in [0.1, 0.15) is 96.0 Å². The molecular formula is C21H36NaO2. The van der Waals surface area contributed by atoms with Crippen molar-refractivity contribution in [2.24, 2.45) is 0 Å². The van der Waals surface area contributed by atoms with E-state index in [0.717, 1.165) is 18.4 Å². The Hall–Kier alpha value is -0.180. The minimum absolute atomic E-state index is 0. The van der Waals surface area contributed by atoms with Gasteiger partial charge in [-0.05, 0) is 36.6 Å². The van der Waals surface area contributed by atoms with Crippen molar-refractivity contribution in [1.82, 2.24) is 0 Å². The SMILES string of the molecule is CCCCCCCCCCCCCCCc1cc(O)ccc1O.[Na]. The number of hydrogen-bond donors (Lipinski definition) is 2. The van der Waals surface area contributed by atoms with Gasteiger partial charge in [0.1, 0.15) is 11.5 Å². The minimum atomic E-state index is 0. The minimum Gasteiger partial charge on any atom is -0.508 e. The van der Waals surface area contributed by atoms with Crippen LogP contribution >= 0.6 is 0 Å². The summed E-state index contributed by atoms with van der Waals surface area (Å²) >= 11 is 0. The van der Waals surface area contributed by atoms with Crippen LogP contribution < -0.4 is 0 Å². The molecule has 0 amide bonds. The third-order valence-electron chi connectivity index (χ3n) is 4.61. The van der Waals surface area contributed by atoms with Gasteiger partial charge in [0.15, 0.2) is 0 Å². The molecule has 3 heteroatoms. The molecule has 0 fully saturated rings. The number of hydrogen-bond acceptors (Lipinski definition) is 2. The van der Waals surface area contributed by atoms with E-state index in [-0.39, 0.29) is 35.3 Å². The third-order valence-corrected chi connectivity index (χ3v) is 4.61. The molecule has 0 aliphatic rings. The zero-order valence-electron chi connectivity index (χ0n) is 16.0. The van der Waals surface area contributed by atoms with Gasteiger partial charge in [-0.2, -0.15) is 0 Å². The fraction of sp³-hybridized carbons (Fsp3) is 0.714. The Morgan fingerprint density at radius 1 is 0.667 bits per heavy atom. The Morgan fingerprint density at radius 3 is 1.62 bits per heavy atom. The molecular weight excluding hydrogens is 307 g/mol. The number of benzene rings is 1. The number of phenols is 2. The molecule has 133 valence electrons. The predicted molar refractivity (Wildman–Crippen MR) is 105 cm³/mol. The maximum absolute atomic E-state index is 9.72. The van der Waals surface area contributed by atoms with Crippen molar-refractivity contribution in [1.29, 1.82) is 0 Å². The molecule has 0 saturated heterocycles. The Bertz CT molecular complexity index is 407. The molecule has 24 heavy (non-hydrogen) atoms. The van der Waals surface area contributed by atoms with Crippen molar-refractivity contribution in [2.75, 3.05) is 0 Å². The van der Waals surface area contributed by atoms with Crippen LogP contribution in [0.3, 0.4) is 0 Å². The van der Waals surface area contributed by atoms with E-state index in [9.17, 15) is 10.2 Å². The van der Waals surface area contributed by atoms with Gasteiger partial charge in [-0.1, -0.05) is 84.0 Å². The fourth-order valence-corrected chi connectivity index (χ4v) is 3.11. The molecule has 1 aromatic carbocycles. The first-order valence-corrected chi connectivity index (χ1v) is 9.75. The van der Waals surface area contributed by atoms with Crippen molar-refractivity contribution < 1.29 is 10.2 Å². The Kier molecular flexibility index (Phi) is 16.2. The Morgan fingerprint density at radius 2 is 1.12 bits per heavy atom. The quantitative estimate of drug-likeness (QED) is 0.235. The largest absolute Gasteiger partial charge is 0.508 e. The first kappa shape index (κ1) is 23.8. The van der Waals surface area contributed by atoms with Gasteiger partial charge in [-0.3, -0.25) is 0 Å². The summed E-state index contributed by atoms with van der Waals surface area (Å²) in [7, 11) is 0. The second kappa shape index (κ2) is 16.3. The second-order valence-corrected chi connectivity index (χ2v) is 6.81. The van der Waals surface area contributed by atoms with Gasteiger partial charge in [-0.25, -0.2) is 0 Å². The Labute approximate surface area is 171 Å². The van der Waals surface area contributed by atoms with Crippen molar-refractivity contribution in [3.05, 3.63) is 23.8 Å². The molecule has 0 aromatic heterocycles. The molecule has 0 aliphatic carbocycles. The zero-order chi connectivity index (χ0) is 16.8. The Balaban J connectivity index is 0.00000529. The molecule has 0 spiro atoms. The van der Waals surface area contributed by atoms with Crippen LogP contribution in [0.5, 0.6) is 11.5 Å². The van der Waals surface area contributed by atoms with Gasteiger partial charge in [0.25, 0.3) is 0 Å². The smallest absolute Gasteiger partial charge is 0.119 e. The van der Waals surface area contributed by atoms with E-state index in [1.165, 1.54) is 83.1 Å². The molecule has 0 saturated carbocycles. The van der Waals surface area contributed by atoms with E-state index in [0.29, 0.717) is 5.75 Å². The van der Waals surface area contributed by atoms with Gasteiger partial charge >= 0.3 is 0 Å². The first-order chi connectivity index (χ1) is 11.2. The van der Waals surface area contributed by atoms with E-state index < -0.39 is 0 Å². The summed E-state index contributed by atoms with van der Waals surface area (Å²) in [6, 6.07) is 4.78. The zero-order valence-corrected chi connectivity index (χ0v) is 18.0. The third kappa shape index (κ3) is 12.2. The van der Waals surface area contributed by atoms with Crippen molar-refractivity contribution in [3.63, 3.8) is 0 Å². The molecule has 1 rings (SSSR count). The molecule has 0 heterocycles. The normalized spacial score (nSPS) is 10.5. The molecule has 0 unspecified atom stereocenters. The van der Waals surface area contributed by atoms with Crippen LogP contribution in [0.15, 0.2) is 18.2 Å². The monoisotopic (exact) mass is 343 g/mol. The van der Waals surface area contributed by atoms with Crippen molar-refractivity contribution in [2.45, 2.75) is 96.8 Å². The van der Waals surface area contributed by atoms with Crippen LogP contribution in [0, 0.1) is 0 Å². The summed E-state index contributed by atoms with van der Waals surface area (Å²) in [5.41, 5.74) is 0.869.